The molecule has 0 saturated carbocycles. The second-order valence-electron chi connectivity index (χ2n) is 3.73. The van der Waals surface area contributed by atoms with Gasteiger partial charge in [0.2, 0.25) is 5.91 Å². The van der Waals surface area contributed by atoms with Gasteiger partial charge < -0.3 is 5.32 Å². The molecule has 1 rings (SSSR count). The zero-order chi connectivity index (χ0) is 9.90. The highest BCUT2D eigenvalue weighted by atomic mass is 32.1. The molecule has 1 heterocycles. The summed E-state index contributed by atoms with van der Waals surface area (Å²) in [7, 11) is 0. The molecule has 1 N–H and O–H groups in total. The SMILES string of the molecule is [CH2]C(C)(C)CC(=O)Nc1nccs1. The lowest BCUT2D eigenvalue weighted by Gasteiger charge is -2.16. The number of rotatable bonds is 3. The van der Waals surface area contributed by atoms with Crippen LogP contribution in [0.15, 0.2) is 11.6 Å². The lowest BCUT2D eigenvalue weighted by atomic mass is 9.92. The predicted molar refractivity (Wildman–Crippen MR) is 54.5 cm³/mol. The number of carbonyl (C=O) groups is 1. The number of hydrogen-bond acceptors (Lipinski definition) is 3. The molecule has 0 fully saturated rings. The Bertz CT molecular complexity index is 274. The Morgan fingerprint density at radius 3 is 2.92 bits per heavy atom. The molecule has 1 radical (unpaired) electrons. The minimum absolute atomic E-state index is 0.0325. The van der Waals surface area contributed by atoms with E-state index >= 15 is 0 Å². The molecule has 0 saturated heterocycles. The van der Waals surface area contributed by atoms with Crippen LogP contribution in [0, 0.1) is 12.3 Å². The number of carbonyl (C=O) groups excluding carboxylic acids is 1. The fourth-order valence-electron chi connectivity index (χ4n) is 0.883. The van der Waals surface area contributed by atoms with Crippen molar-refractivity contribution in [3.8, 4) is 0 Å². The van der Waals surface area contributed by atoms with Crippen LogP contribution >= 0.6 is 11.3 Å². The fraction of sp³-hybridized carbons (Fsp3) is 0.444. The van der Waals surface area contributed by atoms with Crippen LogP contribution in [0.4, 0.5) is 5.13 Å². The minimum Gasteiger partial charge on any atom is -0.302 e. The number of nitrogens with zero attached hydrogens (tertiary/aromatic N) is 1. The number of anilines is 1. The van der Waals surface area contributed by atoms with Crippen molar-refractivity contribution in [2.45, 2.75) is 20.3 Å². The van der Waals surface area contributed by atoms with Crippen molar-refractivity contribution < 1.29 is 4.79 Å². The van der Waals surface area contributed by atoms with Gasteiger partial charge in [0, 0.05) is 18.0 Å². The minimum atomic E-state index is -0.221. The Balaban J connectivity index is 2.43. The lowest BCUT2D eigenvalue weighted by molar-refractivity contribution is -0.117. The fourth-order valence-corrected chi connectivity index (χ4v) is 1.43. The molecule has 3 nitrogen and oxygen atoms in total. The van der Waals surface area contributed by atoms with Gasteiger partial charge in [0.15, 0.2) is 5.13 Å². The van der Waals surface area contributed by atoms with Crippen molar-refractivity contribution in [1.29, 1.82) is 0 Å². The van der Waals surface area contributed by atoms with Crippen molar-refractivity contribution in [1.82, 2.24) is 4.98 Å². The Kier molecular flexibility index (Phi) is 3.03. The van der Waals surface area contributed by atoms with E-state index in [4.69, 9.17) is 0 Å². The zero-order valence-electron chi connectivity index (χ0n) is 7.83. The van der Waals surface area contributed by atoms with Crippen LogP contribution in [0.1, 0.15) is 20.3 Å². The summed E-state index contributed by atoms with van der Waals surface area (Å²) in [4.78, 5) is 15.3. The third-order valence-corrected chi connectivity index (χ3v) is 2.01. The van der Waals surface area contributed by atoms with Gasteiger partial charge >= 0.3 is 0 Å². The molecule has 0 aliphatic rings. The van der Waals surface area contributed by atoms with Crippen LogP contribution in [0.2, 0.25) is 0 Å². The van der Waals surface area contributed by atoms with E-state index in [0.717, 1.165) is 0 Å². The molecule has 0 bridgehead atoms. The van der Waals surface area contributed by atoms with Crippen molar-refractivity contribution in [3.05, 3.63) is 18.5 Å². The normalized spacial score (nSPS) is 11.3. The molecule has 0 atom stereocenters. The second kappa shape index (κ2) is 3.87. The van der Waals surface area contributed by atoms with Crippen LogP contribution in [-0.4, -0.2) is 10.9 Å². The first-order chi connectivity index (χ1) is 5.97. The summed E-state index contributed by atoms with van der Waals surface area (Å²) in [5, 5.41) is 5.18. The average molecular weight is 197 g/mol. The standard InChI is InChI=1S/C9H13N2OS/c1-9(2,3)6-7(12)11-8-10-4-5-13-8/h4-5H,1,6H2,2-3H3,(H,10,11,12). The lowest BCUT2D eigenvalue weighted by Crippen LogP contribution is -2.19. The number of amides is 1. The van der Waals surface area contributed by atoms with E-state index in [9.17, 15) is 4.79 Å². The summed E-state index contributed by atoms with van der Waals surface area (Å²) in [5.41, 5.74) is -0.221. The summed E-state index contributed by atoms with van der Waals surface area (Å²) in [6.07, 6.45) is 2.07. The molecule has 71 valence electrons. The molecule has 13 heavy (non-hydrogen) atoms. The average Bonchev–Trinajstić information content (AvgIpc) is 2.34. The van der Waals surface area contributed by atoms with E-state index in [1.807, 2.05) is 19.2 Å². The molecular formula is C9H13N2OS. The molecule has 0 unspecified atom stereocenters. The van der Waals surface area contributed by atoms with Crippen molar-refractivity contribution in [3.63, 3.8) is 0 Å². The smallest absolute Gasteiger partial charge is 0.226 e. The Labute approximate surface area is 82.2 Å². The quantitative estimate of drug-likeness (QED) is 0.808. The monoisotopic (exact) mass is 197 g/mol. The first kappa shape index (κ1) is 10.2. The third kappa shape index (κ3) is 4.03. The molecule has 0 aromatic carbocycles. The molecule has 1 aromatic rings. The van der Waals surface area contributed by atoms with Gasteiger partial charge in [-0.2, -0.15) is 0 Å². The van der Waals surface area contributed by atoms with Gasteiger partial charge in [-0.05, 0) is 12.3 Å². The van der Waals surface area contributed by atoms with Gasteiger partial charge in [-0.25, -0.2) is 4.98 Å². The van der Waals surface area contributed by atoms with E-state index in [1.54, 1.807) is 6.20 Å². The summed E-state index contributed by atoms with van der Waals surface area (Å²) in [6, 6.07) is 0. The van der Waals surface area contributed by atoms with Crippen molar-refractivity contribution >= 4 is 22.4 Å². The van der Waals surface area contributed by atoms with Gasteiger partial charge in [-0.15, -0.1) is 11.3 Å². The molecule has 1 aromatic heterocycles. The number of nitrogens with one attached hydrogen (secondary N) is 1. The summed E-state index contributed by atoms with van der Waals surface area (Å²) in [5.74, 6) is -0.0325. The summed E-state index contributed by atoms with van der Waals surface area (Å²) < 4.78 is 0. The molecule has 0 aliphatic carbocycles. The molecule has 0 spiro atoms. The predicted octanol–water partition coefficient (Wildman–Crippen LogP) is 2.33. The van der Waals surface area contributed by atoms with E-state index in [0.29, 0.717) is 11.6 Å². The van der Waals surface area contributed by atoms with Crippen molar-refractivity contribution in [2.75, 3.05) is 5.32 Å². The maximum atomic E-state index is 11.3. The largest absolute Gasteiger partial charge is 0.302 e. The van der Waals surface area contributed by atoms with Gasteiger partial charge in [0.05, 0.1) is 0 Å². The van der Waals surface area contributed by atoms with Gasteiger partial charge in [-0.3, -0.25) is 4.79 Å². The van der Waals surface area contributed by atoms with E-state index in [2.05, 4.69) is 17.2 Å². The number of thiazole rings is 1. The van der Waals surface area contributed by atoms with Crippen LogP contribution in [0.25, 0.3) is 0 Å². The third-order valence-electron chi connectivity index (χ3n) is 1.32. The Hall–Kier alpha value is -0.900. The second-order valence-corrected chi connectivity index (χ2v) is 4.62. The van der Waals surface area contributed by atoms with Gasteiger partial charge in [-0.1, -0.05) is 13.8 Å². The van der Waals surface area contributed by atoms with Crippen LogP contribution in [0.5, 0.6) is 0 Å². The first-order valence-corrected chi connectivity index (χ1v) is 4.90. The molecule has 1 amide bonds. The topological polar surface area (TPSA) is 42.0 Å². The Morgan fingerprint density at radius 1 is 1.77 bits per heavy atom. The highest BCUT2D eigenvalue weighted by Gasteiger charge is 2.16. The van der Waals surface area contributed by atoms with Crippen LogP contribution < -0.4 is 5.32 Å². The number of aromatic nitrogens is 1. The van der Waals surface area contributed by atoms with Crippen LogP contribution in [0.3, 0.4) is 0 Å². The first-order valence-electron chi connectivity index (χ1n) is 4.02. The van der Waals surface area contributed by atoms with Crippen molar-refractivity contribution in [2.24, 2.45) is 5.41 Å². The highest BCUT2D eigenvalue weighted by molar-refractivity contribution is 7.13. The molecule has 4 heteroatoms. The van der Waals surface area contributed by atoms with Crippen LogP contribution in [-0.2, 0) is 4.79 Å². The maximum absolute atomic E-state index is 11.3. The molecule has 0 aliphatic heterocycles. The summed E-state index contributed by atoms with van der Waals surface area (Å²) >= 11 is 1.41. The zero-order valence-corrected chi connectivity index (χ0v) is 8.65. The van der Waals surface area contributed by atoms with Gasteiger partial charge in [0.1, 0.15) is 0 Å². The highest BCUT2D eigenvalue weighted by Crippen LogP contribution is 2.19. The summed E-state index contributed by atoms with van der Waals surface area (Å²) in [6.45, 7) is 7.71. The molecular weight excluding hydrogens is 184 g/mol. The number of hydrogen-bond donors (Lipinski definition) is 1. The maximum Gasteiger partial charge on any atom is 0.226 e. The Morgan fingerprint density at radius 2 is 2.46 bits per heavy atom. The van der Waals surface area contributed by atoms with E-state index in [-0.39, 0.29) is 11.3 Å². The van der Waals surface area contributed by atoms with Gasteiger partial charge in [0.25, 0.3) is 0 Å². The van der Waals surface area contributed by atoms with E-state index < -0.39 is 0 Å². The van der Waals surface area contributed by atoms with E-state index in [1.165, 1.54) is 11.3 Å².